The lowest BCUT2D eigenvalue weighted by Crippen LogP contribution is -2.03. The van der Waals surface area contributed by atoms with Crippen LogP contribution in [0.4, 0.5) is 0 Å². The van der Waals surface area contributed by atoms with Crippen LogP contribution >= 0.6 is 23.1 Å². The largest absolute Gasteiger partial charge is 0.497 e. The monoisotopic (exact) mass is 355 g/mol. The normalized spacial score (nSPS) is 11.2. The second kappa shape index (κ2) is 6.26. The van der Waals surface area contributed by atoms with E-state index in [1.807, 2.05) is 22.6 Å². The Balaban J connectivity index is 1.57. The summed E-state index contributed by atoms with van der Waals surface area (Å²) in [6.07, 6.45) is 0. The van der Waals surface area contributed by atoms with Crippen LogP contribution in [0.1, 0.15) is 10.4 Å². The molecule has 0 radical (unpaired) electrons. The van der Waals surface area contributed by atoms with Crippen LogP contribution in [0.3, 0.4) is 0 Å². The molecule has 0 saturated carbocycles. The third-order valence-electron chi connectivity index (χ3n) is 3.66. The second-order valence-corrected chi connectivity index (χ2v) is 7.06. The van der Waals surface area contributed by atoms with E-state index >= 15 is 0 Å². The predicted molar refractivity (Wildman–Crippen MR) is 96.4 cm³/mol. The summed E-state index contributed by atoms with van der Waals surface area (Å²) < 4.78 is 8.28. The van der Waals surface area contributed by atoms with Gasteiger partial charge in [-0.1, -0.05) is 35.2 Å². The van der Waals surface area contributed by atoms with Crippen molar-refractivity contribution >= 4 is 44.1 Å². The zero-order valence-corrected chi connectivity index (χ0v) is 14.4. The number of rotatable bonds is 5. The minimum Gasteiger partial charge on any atom is -0.497 e. The van der Waals surface area contributed by atoms with Gasteiger partial charge in [-0.15, -0.1) is 10.2 Å². The summed E-state index contributed by atoms with van der Waals surface area (Å²) in [6, 6.07) is 15.2. The fourth-order valence-corrected chi connectivity index (χ4v) is 4.30. The lowest BCUT2D eigenvalue weighted by Gasteiger charge is -2.02. The summed E-state index contributed by atoms with van der Waals surface area (Å²) >= 11 is 3.00. The number of carbonyl (C=O) groups excluding carboxylic acids is 1. The predicted octanol–water partition coefficient (Wildman–Crippen LogP) is 3.93. The average molecular weight is 355 g/mol. The van der Waals surface area contributed by atoms with Crippen LogP contribution in [0.25, 0.3) is 15.2 Å². The van der Waals surface area contributed by atoms with Gasteiger partial charge < -0.3 is 4.74 Å². The molecule has 2 aromatic carbocycles. The Kier molecular flexibility index (Phi) is 3.95. The summed E-state index contributed by atoms with van der Waals surface area (Å²) in [4.78, 5) is 13.2. The van der Waals surface area contributed by atoms with E-state index in [2.05, 4.69) is 16.3 Å². The molecule has 0 bridgehead atoms. The number of ether oxygens (including phenoxy) is 1. The van der Waals surface area contributed by atoms with Gasteiger partial charge in [0, 0.05) is 5.56 Å². The number of thiazole rings is 1. The van der Waals surface area contributed by atoms with Crippen molar-refractivity contribution < 1.29 is 9.53 Å². The summed E-state index contributed by atoms with van der Waals surface area (Å²) in [6.45, 7) is 0. The molecule has 0 aliphatic rings. The van der Waals surface area contributed by atoms with E-state index in [-0.39, 0.29) is 5.78 Å². The lowest BCUT2D eigenvalue weighted by atomic mass is 10.1. The summed E-state index contributed by atoms with van der Waals surface area (Å²) in [7, 11) is 1.61. The number of fused-ring (bicyclic) bond motifs is 3. The number of aromatic nitrogens is 3. The first-order valence-electron chi connectivity index (χ1n) is 7.29. The highest BCUT2D eigenvalue weighted by Gasteiger charge is 2.14. The minimum absolute atomic E-state index is 0.0546. The van der Waals surface area contributed by atoms with E-state index in [0.29, 0.717) is 11.3 Å². The molecule has 0 fully saturated rings. The number of Topliss-reactive ketones (excluding diaryl/α,β-unsaturated/α-hetero) is 1. The van der Waals surface area contributed by atoms with Crippen LogP contribution in [0, 0.1) is 0 Å². The fraction of sp³-hybridized carbons (Fsp3) is 0.118. The minimum atomic E-state index is 0.0546. The standard InChI is InChI=1S/C17H13N3O2S2/c1-22-12-8-6-11(7-9-12)14(21)10-23-16-18-19-17-20(16)13-4-2-3-5-15(13)24-17/h2-9H,10H2,1H3. The summed E-state index contributed by atoms with van der Waals surface area (Å²) in [5.41, 5.74) is 1.74. The van der Waals surface area contributed by atoms with E-state index in [9.17, 15) is 4.79 Å². The number of nitrogens with zero attached hydrogens (tertiary/aromatic N) is 3. The first kappa shape index (κ1) is 15.2. The molecule has 0 saturated heterocycles. The molecule has 7 heteroatoms. The Labute approximate surface area is 146 Å². The van der Waals surface area contributed by atoms with Crippen LogP contribution in [-0.4, -0.2) is 33.2 Å². The maximum absolute atomic E-state index is 12.4. The smallest absolute Gasteiger partial charge is 0.217 e. The Morgan fingerprint density at radius 3 is 2.75 bits per heavy atom. The van der Waals surface area contributed by atoms with Crippen LogP contribution < -0.4 is 4.74 Å². The van der Waals surface area contributed by atoms with E-state index in [1.54, 1.807) is 42.7 Å². The highest BCUT2D eigenvalue weighted by atomic mass is 32.2. The Bertz CT molecular complexity index is 1020. The molecule has 0 N–H and O–H groups in total. The molecule has 2 heterocycles. The van der Waals surface area contributed by atoms with Crippen molar-refractivity contribution in [2.75, 3.05) is 12.9 Å². The number of thioether (sulfide) groups is 1. The molecule has 4 aromatic rings. The van der Waals surface area contributed by atoms with Gasteiger partial charge in [-0.3, -0.25) is 9.20 Å². The fourth-order valence-electron chi connectivity index (χ4n) is 2.44. The van der Waals surface area contributed by atoms with Crippen molar-refractivity contribution in [3.63, 3.8) is 0 Å². The molecule has 0 amide bonds. The van der Waals surface area contributed by atoms with Gasteiger partial charge >= 0.3 is 0 Å². The van der Waals surface area contributed by atoms with E-state index in [0.717, 1.165) is 26.1 Å². The molecule has 4 rings (SSSR count). The molecule has 0 spiro atoms. The maximum atomic E-state index is 12.4. The molecule has 120 valence electrons. The van der Waals surface area contributed by atoms with Crippen LogP contribution in [0.15, 0.2) is 53.7 Å². The number of carbonyl (C=O) groups is 1. The molecule has 0 aliphatic heterocycles. The van der Waals surface area contributed by atoms with Gasteiger partial charge in [0.2, 0.25) is 4.96 Å². The van der Waals surface area contributed by atoms with Crippen molar-refractivity contribution in [2.24, 2.45) is 0 Å². The van der Waals surface area contributed by atoms with Gasteiger partial charge in [-0.25, -0.2) is 0 Å². The molecule has 5 nitrogen and oxygen atoms in total. The van der Waals surface area contributed by atoms with Crippen LogP contribution in [0.5, 0.6) is 5.75 Å². The molecule has 0 atom stereocenters. The number of benzene rings is 2. The maximum Gasteiger partial charge on any atom is 0.217 e. The van der Waals surface area contributed by atoms with Crippen LogP contribution in [0.2, 0.25) is 0 Å². The van der Waals surface area contributed by atoms with Crippen molar-refractivity contribution in [1.82, 2.24) is 14.6 Å². The molecule has 0 unspecified atom stereocenters. The SMILES string of the molecule is COc1ccc(C(=O)CSc2nnc3sc4ccccc4n23)cc1. The van der Waals surface area contributed by atoms with Crippen molar-refractivity contribution in [1.29, 1.82) is 0 Å². The van der Waals surface area contributed by atoms with Gasteiger partial charge in [-0.05, 0) is 36.4 Å². The average Bonchev–Trinajstić information content (AvgIpc) is 3.19. The topological polar surface area (TPSA) is 56.5 Å². The van der Waals surface area contributed by atoms with Gasteiger partial charge in [0.25, 0.3) is 0 Å². The number of ketones is 1. The molecular formula is C17H13N3O2S2. The Hall–Kier alpha value is -2.38. The van der Waals surface area contributed by atoms with Crippen molar-refractivity contribution in [3.05, 3.63) is 54.1 Å². The van der Waals surface area contributed by atoms with Gasteiger partial charge in [0.05, 0.1) is 23.1 Å². The van der Waals surface area contributed by atoms with Gasteiger partial charge in [-0.2, -0.15) is 0 Å². The highest BCUT2D eigenvalue weighted by molar-refractivity contribution is 7.99. The van der Waals surface area contributed by atoms with E-state index in [4.69, 9.17) is 4.74 Å². The number of methoxy groups -OCH3 is 1. The second-order valence-electron chi connectivity index (χ2n) is 5.11. The molecule has 24 heavy (non-hydrogen) atoms. The molecule has 2 aromatic heterocycles. The lowest BCUT2D eigenvalue weighted by molar-refractivity contribution is 0.102. The Morgan fingerprint density at radius 1 is 1.17 bits per heavy atom. The quantitative estimate of drug-likeness (QED) is 0.401. The van der Waals surface area contributed by atoms with Crippen molar-refractivity contribution in [3.8, 4) is 5.75 Å². The zero-order valence-electron chi connectivity index (χ0n) is 12.8. The van der Waals surface area contributed by atoms with E-state index < -0.39 is 0 Å². The third kappa shape index (κ3) is 2.65. The van der Waals surface area contributed by atoms with Crippen molar-refractivity contribution in [2.45, 2.75) is 5.16 Å². The molecular weight excluding hydrogens is 342 g/mol. The van der Waals surface area contributed by atoms with E-state index in [1.165, 1.54) is 11.8 Å². The van der Waals surface area contributed by atoms with Crippen LogP contribution in [-0.2, 0) is 0 Å². The Morgan fingerprint density at radius 2 is 1.96 bits per heavy atom. The number of hydrogen-bond donors (Lipinski definition) is 0. The zero-order chi connectivity index (χ0) is 16.5. The third-order valence-corrected chi connectivity index (χ3v) is 5.60. The summed E-state index contributed by atoms with van der Waals surface area (Å²) in [5, 5.41) is 9.16. The summed E-state index contributed by atoms with van der Waals surface area (Å²) in [5.74, 6) is 1.11. The van der Waals surface area contributed by atoms with Gasteiger partial charge in [0.1, 0.15) is 5.75 Å². The number of para-hydroxylation sites is 1. The number of hydrogen-bond acceptors (Lipinski definition) is 6. The first-order chi connectivity index (χ1) is 11.8. The first-order valence-corrected chi connectivity index (χ1v) is 9.09. The highest BCUT2D eigenvalue weighted by Crippen LogP contribution is 2.29. The molecule has 0 aliphatic carbocycles. The van der Waals surface area contributed by atoms with Gasteiger partial charge in [0.15, 0.2) is 10.9 Å².